The maximum Gasteiger partial charge on any atom is 0.324 e. The highest BCUT2D eigenvalue weighted by Gasteiger charge is 2.57. The number of amides is 2. The van der Waals surface area contributed by atoms with Gasteiger partial charge in [0.1, 0.15) is 5.75 Å². The van der Waals surface area contributed by atoms with Crippen LogP contribution >= 0.6 is 11.3 Å². The van der Waals surface area contributed by atoms with Crippen LogP contribution in [0.2, 0.25) is 0 Å². The van der Waals surface area contributed by atoms with Crippen LogP contribution in [0.1, 0.15) is 18.9 Å². The minimum absolute atomic E-state index is 0.0118. The van der Waals surface area contributed by atoms with Crippen molar-refractivity contribution in [1.29, 1.82) is 0 Å². The Kier molecular flexibility index (Phi) is 3.20. The first kappa shape index (κ1) is 15.8. The van der Waals surface area contributed by atoms with Gasteiger partial charge in [-0.25, -0.2) is 9.78 Å². The number of ether oxygens (including phenoxy) is 1. The minimum atomic E-state index is -0.0677. The molecule has 0 radical (unpaired) electrons. The van der Waals surface area contributed by atoms with Gasteiger partial charge >= 0.3 is 6.03 Å². The summed E-state index contributed by atoms with van der Waals surface area (Å²) < 4.78 is 6.81. The van der Waals surface area contributed by atoms with Crippen molar-refractivity contribution in [2.45, 2.75) is 36.1 Å². The molecular formula is C16H22N4O2SSi2. The molecule has 0 bridgehead atoms. The lowest BCUT2D eigenvalue weighted by atomic mass is 9.93. The van der Waals surface area contributed by atoms with Crippen molar-refractivity contribution in [2.75, 3.05) is 18.1 Å². The van der Waals surface area contributed by atoms with Crippen LogP contribution in [0.5, 0.6) is 5.75 Å². The van der Waals surface area contributed by atoms with Gasteiger partial charge in [-0.05, 0) is 32.0 Å². The molecule has 0 spiro atoms. The maximum atomic E-state index is 12.9. The lowest BCUT2D eigenvalue weighted by Crippen LogP contribution is -2.71. The number of urea groups is 1. The summed E-state index contributed by atoms with van der Waals surface area (Å²) in [7, 11) is 1.92. The first-order valence-electron chi connectivity index (χ1n) is 8.81. The van der Waals surface area contributed by atoms with Gasteiger partial charge in [0.05, 0.1) is 22.9 Å². The van der Waals surface area contributed by atoms with Crippen LogP contribution in [0.4, 0.5) is 9.93 Å². The van der Waals surface area contributed by atoms with E-state index >= 15 is 0 Å². The summed E-state index contributed by atoms with van der Waals surface area (Å²) >= 11 is 1.62. The molecule has 3 aliphatic heterocycles. The number of fused-ring (bicyclic) bond motifs is 4. The van der Waals surface area contributed by atoms with E-state index in [2.05, 4.69) is 23.6 Å². The molecule has 3 atom stereocenters. The number of aromatic nitrogens is 1. The van der Waals surface area contributed by atoms with Crippen LogP contribution in [0.25, 0.3) is 10.2 Å². The Hall–Kier alpha value is -1.43. The lowest BCUT2D eigenvalue weighted by molar-refractivity contribution is 0.249. The van der Waals surface area contributed by atoms with E-state index in [0.717, 1.165) is 67.6 Å². The molecule has 0 saturated carbocycles. The summed E-state index contributed by atoms with van der Waals surface area (Å²) in [5.74, 6) is 0.944. The van der Waals surface area contributed by atoms with Gasteiger partial charge in [0.15, 0.2) is 5.13 Å². The highest BCUT2D eigenvalue weighted by Crippen LogP contribution is 2.42. The third kappa shape index (κ3) is 2.16. The highest BCUT2D eigenvalue weighted by atomic mass is 32.1. The highest BCUT2D eigenvalue weighted by molar-refractivity contribution is 7.22. The molecule has 1 aromatic heterocycles. The van der Waals surface area contributed by atoms with Gasteiger partial charge in [0.25, 0.3) is 0 Å². The zero-order valence-corrected chi connectivity index (χ0v) is 19.5. The molecule has 132 valence electrons. The smallest absolute Gasteiger partial charge is 0.324 e. The van der Waals surface area contributed by atoms with E-state index in [1.54, 1.807) is 11.3 Å². The zero-order chi connectivity index (χ0) is 17.4. The molecule has 3 aliphatic rings. The van der Waals surface area contributed by atoms with E-state index in [4.69, 9.17) is 9.72 Å². The van der Waals surface area contributed by atoms with Gasteiger partial charge in [-0.1, -0.05) is 11.3 Å². The molecule has 6 nitrogen and oxygen atoms in total. The predicted octanol–water partition coefficient (Wildman–Crippen LogP) is -0.734. The summed E-state index contributed by atoms with van der Waals surface area (Å²) in [5.41, 5.74) is 2.19. The van der Waals surface area contributed by atoms with Crippen molar-refractivity contribution >= 4 is 53.2 Å². The summed E-state index contributed by atoms with van der Waals surface area (Å²) in [6.07, 6.45) is 1.90. The molecule has 9 heteroatoms. The third-order valence-corrected chi connectivity index (χ3v) is 9.03. The molecular weight excluding hydrogens is 368 g/mol. The number of thiazole rings is 1. The number of anilines is 1. The summed E-state index contributed by atoms with van der Waals surface area (Å²) in [6, 6.07) is 4.26. The van der Waals surface area contributed by atoms with Crippen LogP contribution in [-0.2, 0) is 6.42 Å². The molecule has 0 unspecified atom stereocenters. The van der Waals surface area contributed by atoms with Gasteiger partial charge < -0.3 is 15.4 Å². The molecule has 2 saturated heterocycles. The molecule has 2 amide bonds. The topological polar surface area (TPSA) is 66.5 Å². The minimum Gasteiger partial charge on any atom is -0.493 e. The second kappa shape index (κ2) is 5.06. The normalized spacial score (nSPS) is 34.2. The van der Waals surface area contributed by atoms with E-state index in [1.165, 1.54) is 5.56 Å². The number of hydrogen-bond donors (Lipinski definition) is 2. The average molecular weight is 391 g/mol. The van der Waals surface area contributed by atoms with Crippen LogP contribution < -0.4 is 20.3 Å². The Morgan fingerprint density at radius 2 is 2.28 bits per heavy atom. The van der Waals surface area contributed by atoms with Crippen molar-refractivity contribution in [2.24, 2.45) is 0 Å². The lowest BCUT2D eigenvalue weighted by Gasteiger charge is -2.48. The fourth-order valence-electron chi connectivity index (χ4n) is 4.79. The van der Waals surface area contributed by atoms with Crippen molar-refractivity contribution in [3.05, 3.63) is 17.7 Å². The number of nitrogens with zero attached hydrogens (tertiary/aromatic N) is 2. The standard InChI is InChI=1S/C16H22N4O2SSi2/c1-15(24)12-16(25,5-6-17-15)19-13(21)20(12)14-18-11-8-4-7-22-9(8)2-3-10(11)23-14/h2-3,12,17H,4-7H2,1,24-25H3,(H,19,21)/t12-,15+,16-/m1/s1. The molecule has 4 heterocycles. The Labute approximate surface area is 156 Å². The second-order valence-electron chi connectivity index (χ2n) is 8.00. The van der Waals surface area contributed by atoms with Crippen molar-refractivity contribution < 1.29 is 9.53 Å². The van der Waals surface area contributed by atoms with Crippen LogP contribution in [0, 0.1) is 0 Å². The number of nitrogens with one attached hydrogen (secondary N) is 2. The summed E-state index contributed by atoms with van der Waals surface area (Å²) in [6.45, 7) is 3.95. The predicted molar refractivity (Wildman–Crippen MR) is 107 cm³/mol. The fourth-order valence-corrected chi connectivity index (χ4v) is 8.98. The first-order valence-corrected chi connectivity index (χ1v) is 11.6. The average Bonchev–Trinajstić information content (AvgIpc) is 3.20. The van der Waals surface area contributed by atoms with Crippen molar-refractivity contribution in [3.8, 4) is 5.75 Å². The molecule has 5 rings (SSSR count). The Balaban J connectivity index is 1.65. The number of rotatable bonds is 1. The van der Waals surface area contributed by atoms with E-state index in [9.17, 15) is 4.79 Å². The summed E-state index contributed by atoms with van der Waals surface area (Å²) in [4.78, 5) is 19.8. The van der Waals surface area contributed by atoms with Crippen molar-refractivity contribution in [3.63, 3.8) is 0 Å². The monoisotopic (exact) mass is 390 g/mol. The number of piperidine rings is 1. The number of benzene rings is 1. The SMILES string of the molecule is C[C@@]1([SiH3])NCC[C@]2([SiH3])NC(=O)N(c3nc4c5c(ccc4s3)OCC5)[C@H]12. The van der Waals surface area contributed by atoms with E-state index < -0.39 is 0 Å². The van der Waals surface area contributed by atoms with Crippen molar-refractivity contribution in [1.82, 2.24) is 15.6 Å². The van der Waals surface area contributed by atoms with E-state index in [-0.39, 0.29) is 22.4 Å². The van der Waals surface area contributed by atoms with Crippen LogP contribution in [0.3, 0.4) is 0 Å². The van der Waals surface area contributed by atoms with E-state index in [0.29, 0.717) is 0 Å². The van der Waals surface area contributed by atoms with E-state index in [1.807, 2.05) is 11.0 Å². The Bertz CT molecular complexity index is 902. The third-order valence-electron chi connectivity index (χ3n) is 5.81. The van der Waals surface area contributed by atoms with Gasteiger partial charge in [-0.15, -0.1) is 0 Å². The molecule has 1 aromatic carbocycles. The largest absolute Gasteiger partial charge is 0.493 e. The molecule has 2 aromatic rings. The number of hydrogen-bond acceptors (Lipinski definition) is 5. The van der Waals surface area contributed by atoms with Gasteiger partial charge in [-0.2, -0.15) is 0 Å². The van der Waals surface area contributed by atoms with Gasteiger partial charge in [-0.3, -0.25) is 4.90 Å². The first-order chi connectivity index (χ1) is 11.9. The molecule has 2 N–H and O–H groups in total. The van der Waals surface area contributed by atoms with Crippen LogP contribution in [0.15, 0.2) is 12.1 Å². The molecule has 2 fully saturated rings. The fraction of sp³-hybridized carbons (Fsp3) is 0.500. The number of carbonyl (C=O) groups is 1. The molecule has 0 aliphatic carbocycles. The zero-order valence-electron chi connectivity index (χ0n) is 14.7. The number of carbonyl (C=O) groups excluding carboxylic acids is 1. The van der Waals surface area contributed by atoms with Crippen LogP contribution in [-0.4, -0.2) is 61.0 Å². The Morgan fingerprint density at radius 1 is 1.44 bits per heavy atom. The molecule has 25 heavy (non-hydrogen) atoms. The quantitative estimate of drug-likeness (QED) is 0.630. The van der Waals surface area contributed by atoms with Gasteiger partial charge in [0, 0.05) is 42.8 Å². The summed E-state index contributed by atoms with van der Waals surface area (Å²) in [5, 5.41) is 7.70. The Morgan fingerprint density at radius 3 is 3.12 bits per heavy atom. The second-order valence-corrected chi connectivity index (χ2v) is 12.9. The maximum absolute atomic E-state index is 12.9. The van der Waals surface area contributed by atoms with Gasteiger partial charge in [0.2, 0.25) is 0 Å².